The summed E-state index contributed by atoms with van der Waals surface area (Å²) < 4.78 is 0. The number of aryl methyl sites for hydroxylation is 4. The van der Waals surface area contributed by atoms with Gasteiger partial charge in [-0.05, 0) is 76.2 Å². The van der Waals surface area contributed by atoms with Crippen molar-refractivity contribution in [1.82, 2.24) is 0 Å². The summed E-state index contributed by atoms with van der Waals surface area (Å²) in [6, 6.07) is 36.5. The van der Waals surface area contributed by atoms with E-state index in [0.717, 1.165) is 0 Å². The van der Waals surface area contributed by atoms with E-state index in [4.69, 9.17) is 0 Å². The van der Waals surface area contributed by atoms with Gasteiger partial charge in [-0.2, -0.15) is 0 Å². The quantitative estimate of drug-likeness (QED) is 0.253. The molecule has 4 rings (SSSR count). The molecule has 1 heteroatoms. The zero-order chi connectivity index (χ0) is 28.4. The Balaban J connectivity index is 0.00000148. The molecule has 0 amide bonds. The first kappa shape index (κ1) is 34.2. The van der Waals surface area contributed by atoms with Crippen LogP contribution < -0.4 is 0 Å². The highest BCUT2D eigenvalue weighted by atomic mass is 32.3. The molecule has 0 saturated heterocycles. The van der Waals surface area contributed by atoms with E-state index in [1.807, 2.05) is 55.4 Å². The van der Waals surface area contributed by atoms with Crippen LogP contribution >= 0.6 is 10.0 Å². The lowest BCUT2D eigenvalue weighted by Crippen LogP contribution is -2.05. The molecule has 0 N–H and O–H groups in total. The maximum atomic E-state index is 2.32. The molecule has 37 heavy (non-hydrogen) atoms. The third-order valence-electron chi connectivity index (χ3n) is 5.50. The zero-order valence-corrected chi connectivity index (χ0v) is 26.5. The fraction of sp³-hybridized carbons (Fsp3) is 0.333. The molecular formula is C36H52S. The van der Waals surface area contributed by atoms with Crippen molar-refractivity contribution >= 4 is 10.0 Å². The van der Waals surface area contributed by atoms with Crippen LogP contribution in [-0.2, 0) is 0 Å². The molecule has 0 unspecified atom stereocenters. The Hall–Kier alpha value is -2.77. The maximum Gasteiger partial charge on any atom is 0.00231 e. The monoisotopic (exact) mass is 516 g/mol. The number of hydrogen-bond donors (Lipinski definition) is 0. The highest BCUT2D eigenvalue weighted by Gasteiger charge is 2.33. The Kier molecular flexibility index (Phi) is 17.1. The first-order chi connectivity index (χ1) is 18.0. The fourth-order valence-electron chi connectivity index (χ4n) is 3.79. The smallest absolute Gasteiger partial charge is 0.00231 e. The largest absolute Gasteiger partial charge is 0.133 e. The Morgan fingerprint density at radius 1 is 0.270 bits per heavy atom. The molecule has 0 fully saturated rings. The molecule has 0 aliphatic rings. The summed E-state index contributed by atoms with van der Waals surface area (Å²) in [5, 5.41) is 0. The molecule has 4 aromatic carbocycles. The topological polar surface area (TPSA) is 0 Å². The summed E-state index contributed by atoms with van der Waals surface area (Å²) in [4.78, 5) is 5.50. The summed E-state index contributed by atoms with van der Waals surface area (Å²) in [6.45, 7) is 24.6. The second-order valence-electron chi connectivity index (χ2n) is 7.86. The summed E-state index contributed by atoms with van der Waals surface area (Å²) in [6.07, 6.45) is 0. The number of hydrogen-bond acceptors (Lipinski definition) is 0. The van der Waals surface area contributed by atoms with Gasteiger partial charge in [0.05, 0.1) is 0 Å². The van der Waals surface area contributed by atoms with Crippen LogP contribution in [-0.4, -0.2) is 0 Å². The van der Waals surface area contributed by atoms with Crippen LogP contribution in [0.15, 0.2) is 117 Å². The molecule has 0 saturated carbocycles. The molecule has 0 aliphatic heterocycles. The van der Waals surface area contributed by atoms with Gasteiger partial charge in [0.2, 0.25) is 0 Å². The Morgan fingerprint density at radius 3 is 0.541 bits per heavy atom. The minimum Gasteiger partial charge on any atom is -0.133 e. The van der Waals surface area contributed by atoms with Crippen LogP contribution in [0.3, 0.4) is 0 Å². The summed E-state index contributed by atoms with van der Waals surface area (Å²) in [7, 11) is -1.58. The molecule has 0 atom stereocenters. The van der Waals surface area contributed by atoms with Crippen molar-refractivity contribution in [2.45, 2.75) is 103 Å². The van der Waals surface area contributed by atoms with E-state index in [1.54, 1.807) is 0 Å². The second kappa shape index (κ2) is 18.5. The van der Waals surface area contributed by atoms with E-state index in [2.05, 4.69) is 125 Å². The first-order valence-corrected chi connectivity index (χ1v) is 15.7. The van der Waals surface area contributed by atoms with Gasteiger partial charge < -0.3 is 0 Å². The van der Waals surface area contributed by atoms with Crippen LogP contribution in [0.5, 0.6) is 0 Å². The number of benzene rings is 4. The average Bonchev–Trinajstić information content (AvgIpc) is 2.97. The first-order valence-electron chi connectivity index (χ1n) is 14.1. The summed E-state index contributed by atoms with van der Waals surface area (Å²) >= 11 is 0. The lowest BCUT2D eigenvalue weighted by Gasteiger charge is -2.42. The molecule has 0 aromatic heterocycles. The van der Waals surface area contributed by atoms with Gasteiger partial charge in [-0.15, -0.1) is 10.0 Å². The van der Waals surface area contributed by atoms with E-state index in [9.17, 15) is 0 Å². The minimum atomic E-state index is -1.58. The molecule has 0 aliphatic carbocycles. The van der Waals surface area contributed by atoms with Gasteiger partial charge in [0.25, 0.3) is 0 Å². The van der Waals surface area contributed by atoms with Crippen molar-refractivity contribution in [2.24, 2.45) is 0 Å². The normalized spacial score (nSPS) is 10.1. The van der Waals surface area contributed by atoms with Gasteiger partial charge in [-0.3, -0.25) is 0 Å². The standard InChI is InChI=1S/C28H28S.4C2H6/c1-21-5-13-25(14-6-21)29(26-15-7-22(2)8-16-26,27-17-9-23(3)10-18-27)28-19-11-24(4)12-20-28;4*1-2/h5-20H,1-4H3;4*1-2H3. The van der Waals surface area contributed by atoms with Crippen LogP contribution in [0.2, 0.25) is 0 Å². The van der Waals surface area contributed by atoms with Crippen LogP contribution in [0.1, 0.15) is 77.6 Å². The van der Waals surface area contributed by atoms with Gasteiger partial charge in [0.15, 0.2) is 0 Å². The van der Waals surface area contributed by atoms with Gasteiger partial charge in [-0.1, -0.05) is 126 Å². The maximum absolute atomic E-state index is 2.32. The molecule has 0 heterocycles. The van der Waals surface area contributed by atoms with Gasteiger partial charge >= 0.3 is 0 Å². The zero-order valence-electron chi connectivity index (χ0n) is 25.6. The Labute approximate surface area is 231 Å². The van der Waals surface area contributed by atoms with Gasteiger partial charge in [0, 0.05) is 19.6 Å². The second-order valence-corrected chi connectivity index (χ2v) is 11.0. The predicted octanol–water partition coefficient (Wildman–Crippen LogP) is 12.4. The minimum absolute atomic E-state index is 1.29. The fourth-order valence-corrected chi connectivity index (χ4v) is 7.60. The van der Waals surface area contributed by atoms with Crippen molar-refractivity contribution in [1.29, 1.82) is 0 Å². The van der Waals surface area contributed by atoms with Crippen molar-refractivity contribution in [2.75, 3.05) is 0 Å². The van der Waals surface area contributed by atoms with E-state index >= 15 is 0 Å². The number of rotatable bonds is 4. The summed E-state index contributed by atoms with van der Waals surface area (Å²) in [5.74, 6) is 0. The Morgan fingerprint density at radius 2 is 0.405 bits per heavy atom. The van der Waals surface area contributed by atoms with Crippen molar-refractivity contribution in [3.05, 3.63) is 119 Å². The van der Waals surface area contributed by atoms with Crippen molar-refractivity contribution in [3.8, 4) is 0 Å². The van der Waals surface area contributed by atoms with Crippen molar-refractivity contribution in [3.63, 3.8) is 0 Å². The highest BCUT2D eigenvalue weighted by Crippen LogP contribution is 2.73. The van der Waals surface area contributed by atoms with Crippen molar-refractivity contribution < 1.29 is 0 Å². The molecule has 0 nitrogen and oxygen atoms in total. The molecule has 202 valence electrons. The van der Waals surface area contributed by atoms with E-state index in [1.165, 1.54) is 41.8 Å². The SMILES string of the molecule is CC.CC.CC.CC.Cc1ccc(S(c2ccc(C)cc2)(c2ccc(C)cc2)c2ccc(C)cc2)cc1. The molecule has 4 aromatic rings. The third-order valence-corrected chi connectivity index (χ3v) is 9.42. The van der Waals surface area contributed by atoms with E-state index in [-0.39, 0.29) is 0 Å². The van der Waals surface area contributed by atoms with Crippen LogP contribution in [0.25, 0.3) is 0 Å². The lowest BCUT2D eigenvalue weighted by molar-refractivity contribution is 1.21. The average molecular weight is 517 g/mol. The molecule has 0 spiro atoms. The van der Waals surface area contributed by atoms with Gasteiger partial charge in [0.1, 0.15) is 0 Å². The van der Waals surface area contributed by atoms with Crippen LogP contribution in [0, 0.1) is 27.7 Å². The van der Waals surface area contributed by atoms with E-state index in [0.29, 0.717) is 0 Å². The highest BCUT2D eigenvalue weighted by molar-refractivity contribution is 8.34. The summed E-state index contributed by atoms with van der Waals surface area (Å²) in [5.41, 5.74) is 5.16. The van der Waals surface area contributed by atoms with E-state index < -0.39 is 10.0 Å². The predicted molar refractivity (Wildman–Crippen MR) is 171 cm³/mol. The lowest BCUT2D eigenvalue weighted by atomic mass is 10.2. The molecule has 0 radical (unpaired) electrons. The molecular weight excluding hydrogens is 464 g/mol. The van der Waals surface area contributed by atoms with Crippen LogP contribution in [0.4, 0.5) is 0 Å². The third kappa shape index (κ3) is 8.64. The molecule has 0 bridgehead atoms. The van der Waals surface area contributed by atoms with Gasteiger partial charge in [-0.25, -0.2) is 0 Å². The Bertz CT molecular complexity index is 900.